The van der Waals surface area contributed by atoms with Gasteiger partial charge in [-0.25, -0.2) is 4.52 Å². The second-order valence-corrected chi connectivity index (χ2v) is 9.63. The van der Waals surface area contributed by atoms with Crippen molar-refractivity contribution >= 4 is 17.3 Å². The summed E-state index contributed by atoms with van der Waals surface area (Å²) in [5, 5.41) is 8.04. The molecule has 0 saturated carbocycles. The quantitative estimate of drug-likeness (QED) is 0.323. The number of aromatic nitrogens is 3. The lowest BCUT2D eigenvalue weighted by Crippen LogP contribution is -2.25. The molecule has 4 aromatic rings. The van der Waals surface area contributed by atoms with E-state index in [2.05, 4.69) is 27.3 Å². The van der Waals surface area contributed by atoms with Gasteiger partial charge >= 0.3 is 0 Å². The summed E-state index contributed by atoms with van der Waals surface area (Å²) in [6.07, 6.45) is 5.00. The van der Waals surface area contributed by atoms with Crippen LogP contribution in [0, 0.1) is 0 Å². The maximum atomic E-state index is 5.92. The normalized spacial score (nSPS) is 17.9. The topological polar surface area (TPSA) is 73.2 Å². The number of likely N-dealkylation sites (tertiary alicyclic amines) is 1. The zero-order valence-corrected chi connectivity index (χ0v) is 21.0. The second-order valence-electron chi connectivity index (χ2n) is 9.63. The van der Waals surface area contributed by atoms with Crippen molar-refractivity contribution in [1.29, 1.82) is 0 Å². The van der Waals surface area contributed by atoms with Crippen LogP contribution in [0.1, 0.15) is 25.7 Å². The van der Waals surface area contributed by atoms with E-state index in [0.29, 0.717) is 19.2 Å². The van der Waals surface area contributed by atoms with Crippen molar-refractivity contribution in [2.45, 2.75) is 31.8 Å². The van der Waals surface area contributed by atoms with Gasteiger partial charge in [0.25, 0.3) is 0 Å². The van der Waals surface area contributed by atoms with Gasteiger partial charge in [-0.05, 0) is 99.4 Å². The molecule has 2 aliphatic rings. The maximum absolute atomic E-state index is 5.92. The van der Waals surface area contributed by atoms with Crippen LogP contribution >= 0.6 is 0 Å². The molecule has 192 valence electrons. The van der Waals surface area contributed by atoms with Gasteiger partial charge in [0.15, 0.2) is 5.65 Å². The van der Waals surface area contributed by atoms with Crippen LogP contribution in [0.15, 0.2) is 66.7 Å². The molecule has 8 nitrogen and oxygen atoms in total. The average Bonchev–Trinajstić information content (AvgIpc) is 3.71. The van der Waals surface area contributed by atoms with Crippen molar-refractivity contribution in [3.8, 4) is 22.8 Å². The van der Waals surface area contributed by atoms with Gasteiger partial charge in [0.05, 0.1) is 11.8 Å². The lowest BCUT2D eigenvalue weighted by atomic mass is 10.1. The highest BCUT2D eigenvalue weighted by molar-refractivity contribution is 5.65. The fourth-order valence-electron chi connectivity index (χ4n) is 4.93. The summed E-state index contributed by atoms with van der Waals surface area (Å²) in [5.74, 6) is 2.26. The Morgan fingerprint density at radius 1 is 0.892 bits per heavy atom. The van der Waals surface area contributed by atoms with Crippen LogP contribution in [0.3, 0.4) is 0 Å². The van der Waals surface area contributed by atoms with Crippen LogP contribution in [0.5, 0.6) is 11.5 Å². The zero-order valence-electron chi connectivity index (χ0n) is 21.0. The van der Waals surface area contributed by atoms with Crippen molar-refractivity contribution in [1.82, 2.24) is 19.5 Å². The Hall–Kier alpha value is -3.62. The molecular formula is C29H33N5O3. The predicted molar refractivity (Wildman–Crippen MR) is 144 cm³/mol. The number of nitrogens with zero attached hydrogens (tertiary/aromatic N) is 4. The lowest BCUT2D eigenvalue weighted by Gasteiger charge is -2.15. The van der Waals surface area contributed by atoms with E-state index < -0.39 is 0 Å². The van der Waals surface area contributed by atoms with Gasteiger partial charge in [-0.15, -0.1) is 5.10 Å². The van der Waals surface area contributed by atoms with Crippen LogP contribution in [-0.4, -0.2) is 65.1 Å². The van der Waals surface area contributed by atoms with Crippen LogP contribution in [0.2, 0.25) is 0 Å². The number of nitrogens with one attached hydrogen (secondary N) is 1. The molecular weight excluding hydrogens is 466 g/mol. The summed E-state index contributed by atoms with van der Waals surface area (Å²) < 4.78 is 19.3. The minimum Gasteiger partial charge on any atom is -0.492 e. The number of hydrogen-bond donors (Lipinski definition) is 1. The molecule has 8 heteroatoms. The van der Waals surface area contributed by atoms with Crippen molar-refractivity contribution < 1.29 is 14.2 Å². The van der Waals surface area contributed by atoms with E-state index in [1.807, 2.05) is 59.1 Å². The summed E-state index contributed by atoms with van der Waals surface area (Å²) in [6.45, 7) is 5.51. The monoisotopic (exact) mass is 499 g/mol. The van der Waals surface area contributed by atoms with Crippen molar-refractivity contribution in [2.24, 2.45) is 0 Å². The fourth-order valence-corrected chi connectivity index (χ4v) is 4.93. The highest BCUT2D eigenvalue weighted by atomic mass is 16.5. The molecule has 0 aliphatic carbocycles. The van der Waals surface area contributed by atoms with E-state index in [1.165, 1.54) is 25.9 Å². The smallest absolute Gasteiger partial charge is 0.247 e. The van der Waals surface area contributed by atoms with E-state index in [0.717, 1.165) is 60.1 Å². The Morgan fingerprint density at radius 2 is 1.68 bits per heavy atom. The van der Waals surface area contributed by atoms with Crippen LogP contribution < -0.4 is 14.8 Å². The third-order valence-electron chi connectivity index (χ3n) is 6.96. The van der Waals surface area contributed by atoms with E-state index >= 15 is 0 Å². The molecule has 2 aromatic heterocycles. The van der Waals surface area contributed by atoms with Crippen LogP contribution in [0.4, 0.5) is 11.6 Å². The van der Waals surface area contributed by atoms with E-state index in [9.17, 15) is 0 Å². The molecule has 0 radical (unpaired) electrons. The molecule has 0 spiro atoms. The number of ether oxygens (including phenoxy) is 3. The number of pyridine rings is 1. The standard InChI is InChI=1S/C29H33N5O3/c1-2-17-33(16-1)18-20-36-24-14-10-23(11-15-24)30-29-31-28-7-3-6-27(34(28)32-29)22-8-12-25(13-9-22)37-21-26-5-4-19-35-26/h3,6-15,26H,1-2,4-5,16-21H2,(H,30,32). The van der Waals surface area contributed by atoms with Crippen molar-refractivity contribution in [3.05, 3.63) is 66.7 Å². The Labute approximate surface area is 217 Å². The zero-order chi connectivity index (χ0) is 24.9. The highest BCUT2D eigenvalue weighted by Gasteiger charge is 2.16. The Balaban J connectivity index is 1.09. The molecule has 37 heavy (non-hydrogen) atoms. The first-order valence-corrected chi connectivity index (χ1v) is 13.2. The number of hydrogen-bond acceptors (Lipinski definition) is 7. The first-order chi connectivity index (χ1) is 18.3. The van der Waals surface area contributed by atoms with Gasteiger partial charge in [0, 0.05) is 24.4 Å². The molecule has 1 unspecified atom stereocenters. The molecule has 0 bridgehead atoms. The summed E-state index contributed by atoms with van der Waals surface area (Å²) in [6, 6.07) is 22.0. The Bertz CT molecular complexity index is 1290. The molecule has 6 rings (SSSR count). The van der Waals surface area contributed by atoms with Crippen molar-refractivity contribution in [2.75, 3.05) is 44.8 Å². The van der Waals surface area contributed by atoms with E-state index in [1.54, 1.807) is 0 Å². The molecule has 2 saturated heterocycles. The highest BCUT2D eigenvalue weighted by Crippen LogP contribution is 2.25. The average molecular weight is 500 g/mol. The van der Waals surface area contributed by atoms with Gasteiger partial charge in [0.2, 0.25) is 5.95 Å². The minimum atomic E-state index is 0.206. The van der Waals surface area contributed by atoms with Gasteiger partial charge < -0.3 is 19.5 Å². The molecule has 0 amide bonds. The first kappa shape index (κ1) is 23.8. The molecule has 2 aliphatic heterocycles. The van der Waals surface area contributed by atoms with Crippen molar-refractivity contribution in [3.63, 3.8) is 0 Å². The van der Waals surface area contributed by atoms with Gasteiger partial charge in [-0.1, -0.05) is 6.07 Å². The van der Waals surface area contributed by atoms with E-state index in [-0.39, 0.29) is 6.10 Å². The molecule has 1 N–H and O–H groups in total. The lowest BCUT2D eigenvalue weighted by molar-refractivity contribution is 0.0679. The molecule has 2 fully saturated rings. The first-order valence-electron chi connectivity index (χ1n) is 13.2. The predicted octanol–water partition coefficient (Wildman–Crippen LogP) is 5.17. The molecule has 1 atom stereocenters. The van der Waals surface area contributed by atoms with Gasteiger partial charge in [-0.3, -0.25) is 4.90 Å². The summed E-state index contributed by atoms with van der Waals surface area (Å²) in [4.78, 5) is 7.12. The maximum Gasteiger partial charge on any atom is 0.247 e. The number of fused-ring (bicyclic) bond motifs is 1. The summed E-state index contributed by atoms with van der Waals surface area (Å²) in [7, 11) is 0. The number of benzene rings is 2. The third-order valence-corrected chi connectivity index (χ3v) is 6.96. The van der Waals surface area contributed by atoms with Crippen LogP contribution in [0.25, 0.3) is 16.9 Å². The van der Waals surface area contributed by atoms with E-state index in [4.69, 9.17) is 19.3 Å². The van der Waals surface area contributed by atoms with Gasteiger partial charge in [-0.2, -0.15) is 4.98 Å². The summed E-state index contributed by atoms with van der Waals surface area (Å²) in [5.41, 5.74) is 3.70. The minimum absolute atomic E-state index is 0.206. The molecule has 4 heterocycles. The molecule has 2 aromatic carbocycles. The SMILES string of the molecule is c1cc(-c2ccc(OCC3CCCO3)cc2)n2nc(Nc3ccc(OCCN4CCCC4)cc3)nc2c1. The Morgan fingerprint density at radius 3 is 2.46 bits per heavy atom. The van der Waals surface area contributed by atoms with Gasteiger partial charge in [0.1, 0.15) is 24.7 Å². The third kappa shape index (κ3) is 5.87. The number of rotatable bonds is 10. The number of anilines is 2. The largest absolute Gasteiger partial charge is 0.492 e. The summed E-state index contributed by atoms with van der Waals surface area (Å²) >= 11 is 0. The van der Waals surface area contributed by atoms with Crippen LogP contribution in [-0.2, 0) is 4.74 Å². The Kier molecular flexibility index (Phi) is 7.19. The fraction of sp³-hybridized carbons (Fsp3) is 0.379. The second kappa shape index (κ2) is 11.2.